The topological polar surface area (TPSA) is 70.2 Å². The van der Waals surface area contributed by atoms with Crippen LogP contribution in [-0.2, 0) is 5.41 Å². The largest absolute Gasteiger partial charge is 0.490 e. The van der Waals surface area contributed by atoms with Crippen molar-refractivity contribution >= 4 is 16.8 Å². The summed E-state index contributed by atoms with van der Waals surface area (Å²) < 4.78 is 6.21. The van der Waals surface area contributed by atoms with Crippen LogP contribution >= 0.6 is 0 Å². The minimum Gasteiger partial charge on any atom is -0.490 e. The Morgan fingerprint density at radius 2 is 1.74 bits per heavy atom. The number of carbonyl (C=O) groups excluding carboxylic acids is 1. The number of benzene rings is 3. The zero-order valence-corrected chi connectivity index (χ0v) is 22.7. The number of hydrogen-bond acceptors (Lipinski definition) is 4. The molecule has 1 amide bonds. The second-order valence-electron chi connectivity index (χ2n) is 10.5. The first-order valence-electron chi connectivity index (χ1n) is 13.8. The van der Waals surface area contributed by atoms with Gasteiger partial charge in [-0.25, -0.2) is 0 Å². The van der Waals surface area contributed by atoms with Gasteiger partial charge < -0.3 is 15.0 Å². The van der Waals surface area contributed by atoms with Crippen LogP contribution in [0.15, 0.2) is 72.8 Å². The van der Waals surface area contributed by atoms with Crippen LogP contribution in [-0.4, -0.2) is 53.8 Å². The van der Waals surface area contributed by atoms with E-state index in [1.54, 1.807) is 0 Å². The summed E-state index contributed by atoms with van der Waals surface area (Å²) in [7, 11) is 2.16. The first kappa shape index (κ1) is 26.0. The summed E-state index contributed by atoms with van der Waals surface area (Å²) in [5.41, 5.74) is 4.55. The number of carbonyl (C=O) groups is 1. The van der Waals surface area contributed by atoms with E-state index in [-0.39, 0.29) is 17.4 Å². The predicted molar refractivity (Wildman–Crippen MR) is 154 cm³/mol. The smallest absolute Gasteiger partial charge is 0.251 e. The quantitative estimate of drug-likeness (QED) is 0.282. The average Bonchev–Trinajstić information content (AvgIpc) is 3.39. The van der Waals surface area contributed by atoms with Gasteiger partial charge in [-0.1, -0.05) is 44.2 Å². The third-order valence-corrected chi connectivity index (χ3v) is 8.25. The molecule has 0 spiro atoms. The fourth-order valence-electron chi connectivity index (χ4n) is 5.52. The van der Waals surface area contributed by atoms with Gasteiger partial charge in [-0.3, -0.25) is 9.89 Å². The van der Waals surface area contributed by atoms with E-state index in [1.807, 2.05) is 48.5 Å². The number of likely N-dealkylation sites (tertiary alicyclic amines) is 1. The van der Waals surface area contributed by atoms with E-state index in [2.05, 4.69) is 65.6 Å². The molecular formula is C32H38N4O2. The summed E-state index contributed by atoms with van der Waals surface area (Å²) in [5.74, 6) is 0.820. The number of aromatic nitrogens is 2. The van der Waals surface area contributed by atoms with Gasteiger partial charge >= 0.3 is 0 Å². The van der Waals surface area contributed by atoms with Gasteiger partial charge in [0.25, 0.3) is 5.91 Å². The van der Waals surface area contributed by atoms with Crippen molar-refractivity contribution in [1.29, 1.82) is 0 Å². The molecule has 1 aliphatic rings. The van der Waals surface area contributed by atoms with E-state index in [9.17, 15) is 4.79 Å². The second-order valence-corrected chi connectivity index (χ2v) is 10.5. The highest BCUT2D eigenvalue weighted by Crippen LogP contribution is 2.32. The van der Waals surface area contributed by atoms with Crippen LogP contribution in [0.2, 0.25) is 0 Å². The first-order valence-corrected chi connectivity index (χ1v) is 13.8. The number of nitrogens with zero attached hydrogens (tertiary/aromatic N) is 2. The van der Waals surface area contributed by atoms with E-state index in [4.69, 9.17) is 4.74 Å². The number of rotatable bonds is 9. The van der Waals surface area contributed by atoms with Crippen LogP contribution in [0.1, 0.15) is 55.5 Å². The number of hydrogen-bond donors (Lipinski definition) is 2. The van der Waals surface area contributed by atoms with Crippen molar-refractivity contribution in [1.82, 2.24) is 20.4 Å². The summed E-state index contributed by atoms with van der Waals surface area (Å²) in [5, 5.41) is 11.8. The number of H-pyrrole nitrogens is 1. The second kappa shape index (κ2) is 11.4. The van der Waals surface area contributed by atoms with Crippen molar-refractivity contribution in [3.63, 3.8) is 0 Å². The summed E-state index contributed by atoms with van der Waals surface area (Å²) >= 11 is 0. The molecule has 1 saturated heterocycles. The highest BCUT2D eigenvalue weighted by Gasteiger charge is 2.29. The molecular weight excluding hydrogens is 472 g/mol. The van der Waals surface area contributed by atoms with Gasteiger partial charge in [0.15, 0.2) is 0 Å². The van der Waals surface area contributed by atoms with Gasteiger partial charge in [-0.2, -0.15) is 5.10 Å². The predicted octanol–water partition coefficient (Wildman–Crippen LogP) is 6.19. The molecule has 4 aromatic rings. The molecule has 0 atom stereocenters. The summed E-state index contributed by atoms with van der Waals surface area (Å²) in [6.45, 7) is 7.12. The minimum atomic E-state index is -0.0841. The maximum absolute atomic E-state index is 13.3. The summed E-state index contributed by atoms with van der Waals surface area (Å²) in [6, 6.07) is 24.3. The molecule has 2 N–H and O–H groups in total. The number of ether oxygens (including phenoxy) is 1. The SMILES string of the molecule is CCC(CC)(CNC(=O)c1ccc2[nH]nc(-c3ccc(OC4CCN(C)CC4)cc3)c2c1)c1ccccc1. The lowest BCUT2D eigenvalue weighted by Gasteiger charge is -2.32. The summed E-state index contributed by atoms with van der Waals surface area (Å²) in [6.07, 6.45) is 4.28. The molecule has 38 heavy (non-hydrogen) atoms. The maximum Gasteiger partial charge on any atom is 0.251 e. The van der Waals surface area contributed by atoms with Crippen molar-refractivity contribution in [2.24, 2.45) is 0 Å². The molecule has 0 unspecified atom stereocenters. The molecule has 3 aromatic carbocycles. The molecule has 1 aliphatic heterocycles. The molecule has 0 saturated carbocycles. The Balaban J connectivity index is 1.31. The normalized spacial score (nSPS) is 15.0. The molecule has 0 radical (unpaired) electrons. The van der Waals surface area contributed by atoms with Gasteiger partial charge in [-0.15, -0.1) is 0 Å². The third-order valence-electron chi connectivity index (χ3n) is 8.25. The van der Waals surface area contributed by atoms with Crippen molar-refractivity contribution < 1.29 is 9.53 Å². The van der Waals surface area contributed by atoms with Crippen LogP contribution in [0.3, 0.4) is 0 Å². The highest BCUT2D eigenvalue weighted by molar-refractivity contribution is 6.01. The lowest BCUT2D eigenvalue weighted by Crippen LogP contribution is -2.40. The van der Waals surface area contributed by atoms with E-state index < -0.39 is 0 Å². The van der Waals surface area contributed by atoms with Gasteiger partial charge in [0.05, 0.1) is 11.2 Å². The Kier molecular flexibility index (Phi) is 7.79. The lowest BCUT2D eigenvalue weighted by atomic mass is 9.76. The Hall–Kier alpha value is -3.64. The van der Waals surface area contributed by atoms with Crippen molar-refractivity contribution in [2.75, 3.05) is 26.7 Å². The lowest BCUT2D eigenvalue weighted by molar-refractivity contribution is 0.0941. The average molecular weight is 511 g/mol. The third kappa shape index (κ3) is 5.46. The summed E-state index contributed by atoms with van der Waals surface area (Å²) in [4.78, 5) is 15.6. The molecule has 2 heterocycles. The monoisotopic (exact) mass is 510 g/mol. The molecule has 198 valence electrons. The zero-order chi connectivity index (χ0) is 26.5. The maximum atomic E-state index is 13.3. The van der Waals surface area contributed by atoms with Gasteiger partial charge in [0, 0.05) is 41.6 Å². The van der Waals surface area contributed by atoms with Gasteiger partial charge in [0.2, 0.25) is 0 Å². The molecule has 1 aromatic heterocycles. The Bertz CT molecular complexity index is 1350. The first-order chi connectivity index (χ1) is 18.5. The van der Waals surface area contributed by atoms with E-state index in [0.29, 0.717) is 12.1 Å². The Morgan fingerprint density at radius 1 is 1.03 bits per heavy atom. The van der Waals surface area contributed by atoms with Crippen LogP contribution in [0.5, 0.6) is 5.75 Å². The number of nitrogens with one attached hydrogen (secondary N) is 2. The number of aromatic amines is 1. The molecule has 6 nitrogen and oxygen atoms in total. The Morgan fingerprint density at radius 3 is 2.42 bits per heavy atom. The van der Waals surface area contributed by atoms with Crippen LogP contribution in [0, 0.1) is 0 Å². The van der Waals surface area contributed by atoms with Crippen molar-refractivity contribution in [3.8, 4) is 17.0 Å². The fourth-order valence-corrected chi connectivity index (χ4v) is 5.52. The van der Waals surface area contributed by atoms with Crippen molar-refractivity contribution in [2.45, 2.75) is 51.0 Å². The molecule has 1 fully saturated rings. The van der Waals surface area contributed by atoms with Gasteiger partial charge in [-0.05, 0) is 80.8 Å². The van der Waals surface area contributed by atoms with Crippen molar-refractivity contribution in [3.05, 3.63) is 83.9 Å². The molecule has 0 bridgehead atoms. The van der Waals surface area contributed by atoms with Crippen LogP contribution in [0.25, 0.3) is 22.2 Å². The van der Waals surface area contributed by atoms with Crippen LogP contribution < -0.4 is 10.1 Å². The van der Waals surface area contributed by atoms with E-state index in [0.717, 1.165) is 66.7 Å². The van der Waals surface area contributed by atoms with E-state index >= 15 is 0 Å². The van der Waals surface area contributed by atoms with E-state index in [1.165, 1.54) is 5.56 Å². The van der Waals surface area contributed by atoms with Crippen LogP contribution in [0.4, 0.5) is 0 Å². The molecule has 0 aliphatic carbocycles. The Labute approximate surface area is 225 Å². The zero-order valence-electron chi connectivity index (χ0n) is 22.7. The fraction of sp³-hybridized carbons (Fsp3) is 0.375. The minimum absolute atomic E-state index is 0.0665. The number of piperidine rings is 1. The van der Waals surface area contributed by atoms with Gasteiger partial charge in [0.1, 0.15) is 11.9 Å². The number of fused-ring (bicyclic) bond motifs is 1. The number of amides is 1. The standard InChI is InChI=1S/C32H38N4O2/c1-4-32(5-2,25-9-7-6-8-10-25)22-33-31(37)24-13-16-29-28(21-24)30(35-34-29)23-11-14-26(15-12-23)38-27-17-19-36(3)20-18-27/h6-16,21,27H,4-5,17-20,22H2,1-3H3,(H,33,37)(H,34,35). The molecule has 5 rings (SSSR count). The highest BCUT2D eigenvalue weighted by atomic mass is 16.5. The molecule has 6 heteroatoms.